The fourth-order valence-corrected chi connectivity index (χ4v) is 12.7. The van der Waals surface area contributed by atoms with E-state index in [-0.39, 0.29) is 17.4 Å². The summed E-state index contributed by atoms with van der Waals surface area (Å²) in [7, 11) is 2.86. The highest BCUT2D eigenvalue weighted by Gasteiger charge is 2.27. The van der Waals surface area contributed by atoms with Gasteiger partial charge >= 0.3 is 11.9 Å². The Balaban J connectivity index is 0.806. The van der Waals surface area contributed by atoms with Gasteiger partial charge in [-0.25, -0.2) is 0 Å². The van der Waals surface area contributed by atoms with Crippen molar-refractivity contribution in [2.75, 3.05) is 24.0 Å². The Labute approximate surface area is 468 Å². The summed E-state index contributed by atoms with van der Waals surface area (Å²) < 4.78 is 9.73. The molecule has 0 spiro atoms. The zero-order valence-electron chi connectivity index (χ0n) is 43.4. The van der Waals surface area contributed by atoms with Crippen LogP contribution in [-0.2, 0) is 37.3 Å². The number of nitrogens with zero attached hydrogens (tertiary/aromatic N) is 2. The van der Waals surface area contributed by atoms with Gasteiger partial charge in [-0.15, -0.1) is 45.3 Å². The number of anilines is 6. The standard InChI is InChI=1S/C67H58N2O4S4/c1-67(2,63-41-39-59(76-63)37-17-47-9-25-53(26-10-47)68(55-29-13-49(14-30-55)19-43-65(70)72-3)57-33-21-51(22-34-57)61-7-5-45-74-61)64-42-40-60(77-64)38-18-48-11-27-54(28-12-48)69(56-31-15-50(16-32-56)20-44-66(71)73-4)58-35-23-52(24-36-58)62-8-6-46-75-62/h5-18,21-42,45-46H,19-20,43-44H2,1-4H3. The summed E-state index contributed by atoms with van der Waals surface area (Å²) in [6.45, 7) is 4.63. The molecule has 10 heteroatoms. The first-order chi connectivity index (χ1) is 37.6. The van der Waals surface area contributed by atoms with Crippen LogP contribution in [0.25, 0.3) is 45.2 Å². The van der Waals surface area contributed by atoms with Gasteiger partial charge in [-0.3, -0.25) is 9.59 Å². The third kappa shape index (κ3) is 12.9. The molecule has 384 valence electrons. The Hall–Kier alpha value is -7.86. The summed E-state index contributed by atoms with van der Waals surface area (Å²) >= 11 is 7.15. The lowest BCUT2D eigenvalue weighted by Crippen LogP contribution is -2.15. The molecule has 0 saturated heterocycles. The van der Waals surface area contributed by atoms with Crippen molar-refractivity contribution < 1.29 is 19.1 Å². The Bertz CT molecular complexity index is 3330. The van der Waals surface area contributed by atoms with E-state index in [4.69, 9.17) is 9.47 Å². The third-order valence-electron chi connectivity index (χ3n) is 13.6. The molecule has 0 aliphatic carbocycles. The molecule has 4 aromatic heterocycles. The van der Waals surface area contributed by atoms with Crippen LogP contribution in [0.4, 0.5) is 34.1 Å². The van der Waals surface area contributed by atoms with Crippen LogP contribution in [0, 0.1) is 0 Å². The fraction of sp³-hybridized carbons (Fsp3) is 0.134. The van der Waals surface area contributed by atoms with Gasteiger partial charge < -0.3 is 19.3 Å². The normalized spacial score (nSPS) is 11.6. The van der Waals surface area contributed by atoms with Gasteiger partial charge in [-0.2, -0.15) is 0 Å². The van der Waals surface area contributed by atoms with Gasteiger partial charge in [0, 0.05) is 81.6 Å². The maximum Gasteiger partial charge on any atom is 0.305 e. The molecule has 0 saturated carbocycles. The number of thiophene rings is 4. The summed E-state index contributed by atoms with van der Waals surface area (Å²) in [4.78, 5) is 35.7. The molecule has 0 radical (unpaired) electrons. The van der Waals surface area contributed by atoms with Crippen LogP contribution in [0.3, 0.4) is 0 Å². The minimum absolute atomic E-state index is 0.160. The number of esters is 2. The largest absolute Gasteiger partial charge is 0.469 e. The highest BCUT2D eigenvalue weighted by atomic mass is 32.1. The van der Waals surface area contributed by atoms with Crippen molar-refractivity contribution in [2.24, 2.45) is 0 Å². The molecule has 4 heterocycles. The average molecular weight is 1080 g/mol. The Kier molecular flexibility index (Phi) is 16.7. The molecule has 0 amide bonds. The predicted molar refractivity (Wildman–Crippen MR) is 328 cm³/mol. The monoisotopic (exact) mass is 1080 g/mol. The second-order valence-corrected chi connectivity index (χ2v) is 23.2. The first-order valence-electron chi connectivity index (χ1n) is 25.6. The second kappa shape index (κ2) is 24.4. The molecule has 0 N–H and O–H groups in total. The molecule has 0 bridgehead atoms. The van der Waals surface area contributed by atoms with E-state index in [9.17, 15) is 9.59 Å². The van der Waals surface area contributed by atoms with Gasteiger partial charge in [0.2, 0.25) is 0 Å². The van der Waals surface area contributed by atoms with E-state index < -0.39 is 0 Å². The molecule has 0 aliphatic heterocycles. The summed E-state index contributed by atoms with van der Waals surface area (Å²) in [5.41, 5.74) is 13.0. The summed E-state index contributed by atoms with van der Waals surface area (Å²) in [5.74, 6) is -0.409. The van der Waals surface area contributed by atoms with Crippen molar-refractivity contribution >= 4 is 116 Å². The third-order valence-corrected chi connectivity index (χ3v) is 18.2. The minimum atomic E-state index is -0.205. The Morgan fingerprint density at radius 1 is 0.429 bits per heavy atom. The van der Waals surface area contributed by atoms with Crippen LogP contribution in [0.5, 0.6) is 0 Å². The molecule has 0 fully saturated rings. The zero-order chi connectivity index (χ0) is 53.1. The van der Waals surface area contributed by atoms with Crippen molar-refractivity contribution in [3.8, 4) is 20.9 Å². The molecule has 10 aromatic rings. The number of hydrogen-bond donors (Lipinski definition) is 0. The number of rotatable bonds is 20. The van der Waals surface area contributed by atoms with E-state index in [1.54, 1.807) is 22.7 Å². The van der Waals surface area contributed by atoms with Crippen LogP contribution in [0.2, 0.25) is 0 Å². The van der Waals surface area contributed by atoms with Gasteiger partial charge in [0.25, 0.3) is 0 Å². The van der Waals surface area contributed by atoms with Crippen molar-refractivity contribution in [2.45, 2.75) is 44.9 Å². The first kappa shape index (κ1) is 52.6. The Morgan fingerprint density at radius 2 is 0.766 bits per heavy atom. The topological polar surface area (TPSA) is 59.1 Å². The van der Waals surface area contributed by atoms with E-state index >= 15 is 0 Å². The average Bonchev–Trinajstić information content (AvgIpc) is 4.36. The highest BCUT2D eigenvalue weighted by molar-refractivity contribution is 7.15. The van der Waals surface area contributed by atoms with E-state index in [2.05, 4.69) is 253 Å². The van der Waals surface area contributed by atoms with Gasteiger partial charge in [0.05, 0.1) is 14.2 Å². The predicted octanol–water partition coefficient (Wildman–Crippen LogP) is 19.1. The SMILES string of the molecule is COC(=O)CCc1ccc(N(c2ccc(C=Cc3ccc(C(C)(C)c4ccc(C=Cc5ccc(N(c6ccc(CCC(=O)OC)cc6)c6ccc(-c7cccs7)cc6)cc5)s4)s3)cc2)c2ccc(-c3cccs3)cc2)cc1. The van der Waals surface area contributed by atoms with Crippen molar-refractivity contribution in [1.82, 2.24) is 0 Å². The van der Waals surface area contributed by atoms with Crippen molar-refractivity contribution in [3.05, 3.63) is 247 Å². The number of aryl methyl sites for hydroxylation is 2. The lowest BCUT2D eigenvalue weighted by Gasteiger charge is -2.26. The fourth-order valence-electron chi connectivity index (χ4n) is 9.15. The number of ether oxygens (including phenoxy) is 2. The lowest BCUT2D eigenvalue weighted by molar-refractivity contribution is -0.141. The first-order valence-corrected chi connectivity index (χ1v) is 29.0. The van der Waals surface area contributed by atoms with Gasteiger partial charge in [-0.1, -0.05) is 111 Å². The number of benzene rings is 6. The van der Waals surface area contributed by atoms with E-state index in [1.807, 2.05) is 22.7 Å². The molecule has 77 heavy (non-hydrogen) atoms. The van der Waals surface area contributed by atoms with Crippen LogP contribution in [0.1, 0.15) is 68.5 Å². The summed E-state index contributed by atoms with van der Waals surface area (Å²) in [5, 5.41) is 4.22. The summed E-state index contributed by atoms with van der Waals surface area (Å²) in [6.07, 6.45) is 10.8. The van der Waals surface area contributed by atoms with E-state index in [0.29, 0.717) is 25.7 Å². The molecule has 0 unspecified atom stereocenters. The molecule has 10 rings (SSSR count). The van der Waals surface area contributed by atoms with Crippen molar-refractivity contribution in [3.63, 3.8) is 0 Å². The van der Waals surface area contributed by atoms with Crippen molar-refractivity contribution in [1.29, 1.82) is 0 Å². The van der Waals surface area contributed by atoms with Crippen LogP contribution >= 0.6 is 45.3 Å². The smallest absolute Gasteiger partial charge is 0.305 e. The molecular weight excluding hydrogens is 1030 g/mol. The minimum Gasteiger partial charge on any atom is -0.469 e. The maximum absolute atomic E-state index is 11.8. The number of methoxy groups -OCH3 is 2. The van der Waals surface area contributed by atoms with Gasteiger partial charge in [-0.05, 0) is 178 Å². The molecule has 6 aromatic carbocycles. The van der Waals surface area contributed by atoms with Gasteiger partial charge in [0.15, 0.2) is 0 Å². The zero-order valence-corrected chi connectivity index (χ0v) is 46.7. The molecular formula is C67H58N2O4S4. The maximum atomic E-state index is 11.8. The van der Waals surface area contributed by atoms with E-state index in [0.717, 1.165) is 56.4 Å². The van der Waals surface area contributed by atoms with E-state index in [1.165, 1.54) is 54.6 Å². The molecule has 6 nitrogen and oxygen atoms in total. The van der Waals surface area contributed by atoms with Gasteiger partial charge in [0.1, 0.15) is 0 Å². The second-order valence-electron chi connectivity index (χ2n) is 19.1. The summed E-state index contributed by atoms with van der Waals surface area (Å²) in [6, 6.07) is 69.2. The highest BCUT2D eigenvalue weighted by Crippen LogP contribution is 2.42. The quantitative estimate of drug-likeness (QED) is 0.0709. The lowest BCUT2D eigenvalue weighted by atomic mass is 9.90. The number of carbonyl (C=O) groups is 2. The number of carbonyl (C=O) groups excluding carboxylic acids is 2. The van der Waals surface area contributed by atoms with Crippen LogP contribution in [-0.4, -0.2) is 26.2 Å². The molecule has 0 aliphatic rings. The number of hydrogen-bond acceptors (Lipinski definition) is 10. The molecule has 0 atom stereocenters. The Morgan fingerprint density at radius 3 is 1.09 bits per heavy atom. The van der Waals surface area contributed by atoms with Crippen LogP contribution in [0.15, 0.2) is 205 Å². The van der Waals surface area contributed by atoms with Crippen LogP contribution < -0.4 is 9.80 Å².